The van der Waals surface area contributed by atoms with E-state index in [1.54, 1.807) is 43.3 Å². The minimum Gasteiger partial charge on any atom is -0.299 e. The molecule has 1 aromatic heterocycles. The maximum atomic E-state index is 14.3. The highest BCUT2D eigenvalue weighted by atomic mass is 32.2. The molecule has 5 rings (SSSR count). The summed E-state index contributed by atoms with van der Waals surface area (Å²) < 4.78 is 42.2. The molecule has 172 valence electrons. The SMILES string of the molecule is CCS(=O)(=O)N1CCc2cc(C(=O)CSc3nnc(-c4ccccc4F)n3C3CC3)ccc21. The fourth-order valence-electron chi connectivity index (χ4n) is 4.07. The predicted octanol–water partition coefficient (Wildman–Crippen LogP) is 4.11. The Balaban J connectivity index is 1.34. The normalized spacial score (nSPS) is 15.6. The molecule has 1 fully saturated rings. The highest BCUT2D eigenvalue weighted by Crippen LogP contribution is 2.41. The van der Waals surface area contributed by atoms with Crippen LogP contribution >= 0.6 is 11.8 Å². The van der Waals surface area contributed by atoms with Crippen LogP contribution < -0.4 is 4.31 Å². The molecule has 0 saturated heterocycles. The first kappa shape index (κ1) is 22.1. The summed E-state index contributed by atoms with van der Waals surface area (Å²) in [5.41, 5.74) is 2.47. The Bertz CT molecular complexity index is 1340. The quantitative estimate of drug-likeness (QED) is 0.352. The van der Waals surface area contributed by atoms with Gasteiger partial charge in [-0.25, -0.2) is 12.8 Å². The van der Waals surface area contributed by atoms with Crippen LogP contribution in [0.2, 0.25) is 0 Å². The number of rotatable bonds is 8. The average Bonchev–Trinajstić information content (AvgIpc) is 3.41. The zero-order valence-corrected chi connectivity index (χ0v) is 19.7. The van der Waals surface area contributed by atoms with Gasteiger partial charge in [-0.1, -0.05) is 23.9 Å². The van der Waals surface area contributed by atoms with Crippen LogP contribution in [0.15, 0.2) is 47.6 Å². The van der Waals surface area contributed by atoms with Gasteiger partial charge >= 0.3 is 0 Å². The van der Waals surface area contributed by atoms with Crippen LogP contribution in [-0.4, -0.2) is 47.0 Å². The maximum Gasteiger partial charge on any atom is 0.234 e. The van der Waals surface area contributed by atoms with Crippen molar-refractivity contribution in [2.24, 2.45) is 0 Å². The topological polar surface area (TPSA) is 85.2 Å². The van der Waals surface area contributed by atoms with E-state index in [0.717, 1.165) is 18.4 Å². The zero-order chi connectivity index (χ0) is 23.2. The first-order valence-electron chi connectivity index (χ1n) is 10.9. The molecular weight excluding hydrogens is 463 g/mol. The minimum atomic E-state index is -3.32. The Labute approximate surface area is 196 Å². The van der Waals surface area contributed by atoms with Crippen molar-refractivity contribution >= 4 is 33.3 Å². The average molecular weight is 487 g/mol. The fourth-order valence-corrected chi connectivity index (χ4v) is 6.13. The van der Waals surface area contributed by atoms with Crippen molar-refractivity contribution in [1.29, 1.82) is 0 Å². The smallest absolute Gasteiger partial charge is 0.234 e. The number of fused-ring (bicyclic) bond motifs is 1. The first-order chi connectivity index (χ1) is 15.9. The first-order valence-corrected chi connectivity index (χ1v) is 13.5. The molecule has 2 heterocycles. The van der Waals surface area contributed by atoms with Gasteiger partial charge in [-0.05, 0) is 62.1 Å². The van der Waals surface area contributed by atoms with Gasteiger partial charge in [0.05, 0.1) is 22.8 Å². The van der Waals surface area contributed by atoms with Gasteiger partial charge in [0.2, 0.25) is 10.0 Å². The van der Waals surface area contributed by atoms with Crippen molar-refractivity contribution in [3.63, 3.8) is 0 Å². The van der Waals surface area contributed by atoms with Gasteiger partial charge in [0.15, 0.2) is 16.8 Å². The van der Waals surface area contributed by atoms with Gasteiger partial charge in [0.25, 0.3) is 0 Å². The molecule has 3 aromatic rings. The summed E-state index contributed by atoms with van der Waals surface area (Å²) in [6, 6.07) is 11.9. The van der Waals surface area contributed by atoms with Gasteiger partial charge in [-0.2, -0.15) is 0 Å². The van der Waals surface area contributed by atoms with E-state index in [1.165, 1.54) is 22.1 Å². The van der Waals surface area contributed by atoms with Crippen LogP contribution in [-0.2, 0) is 16.4 Å². The number of anilines is 1. The number of thioether (sulfide) groups is 1. The Morgan fingerprint density at radius 1 is 1.18 bits per heavy atom. The molecule has 0 N–H and O–H groups in total. The Hall–Kier alpha value is -2.72. The second-order valence-corrected chi connectivity index (χ2v) is 11.3. The van der Waals surface area contributed by atoms with Gasteiger partial charge in [0, 0.05) is 18.2 Å². The van der Waals surface area contributed by atoms with Crippen LogP contribution in [0, 0.1) is 5.82 Å². The molecule has 0 unspecified atom stereocenters. The molecule has 10 heteroatoms. The van der Waals surface area contributed by atoms with E-state index in [-0.39, 0.29) is 29.1 Å². The molecule has 1 saturated carbocycles. The molecule has 0 bridgehead atoms. The standard InChI is InChI=1S/C23H23FN4O3S2/c1-2-33(30,31)27-12-11-15-13-16(7-10-20(15)27)21(29)14-32-23-26-25-22(28(23)17-8-9-17)18-5-3-4-6-19(18)24/h3-7,10,13,17H,2,8-9,11-12,14H2,1H3. The number of hydrogen-bond donors (Lipinski definition) is 0. The molecule has 0 spiro atoms. The molecule has 0 atom stereocenters. The van der Waals surface area contributed by atoms with Gasteiger partial charge in [-0.15, -0.1) is 10.2 Å². The number of halogens is 1. The largest absolute Gasteiger partial charge is 0.299 e. The number of carbonyl (C=O) groups is 1. The van der Waals surface area contributed by atoms with Gasteiger partial charge in [-0.3, -0.25) is 13.7 Å². The number of Topliss-reactive ketones (excluding diaryl/α,β-unsaturated/α-hetero) is 1. The lowest BCUT2D eigenvalue weighted by molar-refractivity contribution is 0.102. The van der Waals surface area contributed by atoms with Crippen LogP contribution in [0.4, 0.5) is 10.1 Å². The van der Waals surface area contributed by atoms with Crippen molar-refractivity contribution in [3.05, 3.63) is 59.4 Å². The third-order valence-corrected chi connectivity index (χ3v) is 8.70. The van der Waals surface area contributed by atoms with E-state index in [9.17, 15) is 17.6 Å². The third kappa shape index (κ3) is 4.17. The lowest BCUT2D eigenvalue weighted by atomic mass is 10.1. The summed E-state index contributed by atoms with van der Waals surface area (Å²) in [4.78, 5) is 12.9. The van der Waals surface area contributed by atoms with E-state index < -0.39 is 10.0 Å². The number of benzene rings is 2. The lowest BCUT2D eigenvalue weighted by Gasteiger charge is -2.18. The van der Waals surface area contributed by atoms with Crippen LogP contribution in [0.5, 0.6) is 0 Å². The van der Waals surface area contributed by atoms with E-state index in [2.05, 4.69) is 10.2 Å². The van der Waals surface area contributed by atoms with Crippen molar-refractivity contribution in [2.45, 2.75) is 37.4 Å². The summed E-state index contributed by atoms with van der Waals surface area (Å²) in [5.74, 6) is 0.271. The highest BCUT2D eigenvalue weighted by molar-refractivity contribution is 7.99. The molecule has 0 amide bonds. The van der Waals surface area contributed by atoms with E-state index in [4.69, 9.17) is 0 Å². The monoisotopic (exact) mass is 486 g/mol. The van der Waals surface area contributed by atoms with E-state index >= 15 is 0 Å². The molecule has 0 radical (unpaired) electrons. The minimum absolute atomic E-state index is 0.0420. The van der Waals surface area contributed by atoms with Crippen molar-refractivity contribution in [1.82, 2.24) is 14.8 Å². The second-order valence-electron chi connectivity index (χ2n) is 8.17. The van der Waals surface area contributed by atoms with Crippen molar-refractivity contribution in [3.8, 4) is 11.4 Å². The highest BCUT2D eigenvalue weighted by Gasteiger charge is 2.32. The molecular formula is C23H23FN4O3S2. The number of carbonyl (C=O) groups excluding carboxylic acids is 1. The van der Waals surface area contributed by atoms with Gasteiger partial charge in [0.1, 0.15) is 5.82 Å². The second kappa shape index (κ2) is 8.57. The predicted molar refractivity (Wildman–Crippen MR) is 126 cm³/mol. The Morgan fingerprint density at radius 3 is 2.70 bits per heavy atom. The fraction of sp³-hybridized carbons (Fsp3) is 0.348. The molecule has 1 aliphatic carbocycles. The van der Waals surface area contributed by atoms with Crippen LogP contribution in [0.1, 0.15) is 41.7 Å². The van der Waals surface area contributed by atoms with Gasteiger partial charge < -0.3 is 0 Å². The summed E-state index contributed by atoms with van der Waals surface area (Å²) >= 11 is 1.29. The number of nitrogens with zero attached hydrogens (tertiary/aromatic N) is 4. The summed E-state index contributed by atoms with van der Waals surface area (Å²) in [6.07, 6.45) is 2.54. The van der Waals surface area contributed by atoms with E-state index in [1.807, 2.05) is 4.57 Å². The Kier molecular flexibility index (Phi) is 5.74. The number of aromatic nitrogens is 3. The number of hydrogen-bond acceptors (Lipinski definition) is 6. The summed E-state index contributed by atoms with van der Waals surface area (Å²) in [6.45, 7) is 2.03. The lowest BCUT2D eigenvalue weighted by Crippen LogP contribution is -2.30. The van der Waals surface area contributed by atoms with Crippen LogP contribution in [0.3, 0.4) is 0 Å². The number of sulfonamides is 1. The van der Waals surface area contributed by atoms with Crippen molar-refractivity contribution in [2.75, 3.05) is 22.4 Å². The van der Waals surface area contributed by atoms with Crippen LogP contribution in [0.25, 0.3) is 11.4 Å². The summed E-state index contributed by atoms with van der Waals surface area (Å²) in [7, 11) is -3.32. The zero-order valence-electron chi connectivity index (χ0n) is 18.1. The molecule has 2 aromatic carbocycles. The summed E-state index contributed by atoms with van der Waals surface area (Å²) in [5, 5.41) is 9.07. The molecule has 2 aliphatic rings. The number of ketones is 1. The van der Waals surface area contributed by atoms with E-state index in [0.29, 0.717) is 40.8 Å². The Morgan fingerprint density at radius 2 is 1.97 bits per heavy atom. The molecule has 33 heavy (non-hydrogen) atoms. The molecule has 7 nitrogen and oxygen atoms in total. The van der Waals surface area contributed by atoms with Crippen molar-refractivity contribution < 1.29 is 17.6 Å². The molecule has 1 aliphatic heterocycles. The maximum absolute atomic E-state index is 14.3. The third-order valence-electron chi connectivity index (χ3n) is 5.98.